The van der Waals surface area contributed by atoms with Gasteiger partial charge in [-0.15, -0.1) is 0 Å². The molecule has 1 atom stereocenters. The van der Waals surface area contributed by atoms with Gasteiger partial charge in [-0.3, -0.25) is 14.6 Å². The Kier molecular flexibility index (Phi) is 7.39. The maximum absolute atomic E-state index is 13.1. The lowest BCUT2D eigenvalue weighted by molar-refractivity contribution is -0.125. The van der Waals surface area contributed by atoms with Gasteiger partial charge >= 0.3 is 0 Å². The second kappa shape index (κ2) is 10.3. The van der Waals surface area contributed by atoms with E-state index in [1.54, 1.807) is 17.0 Å². The van der Waals surface area contributed by atoms with E-state index in [9.17, 15) is 18.0 Å². The number of hydrogen-bond donors (Lipinski definition) is 2. The van der Waals surface area contributed by atoms with Crippen LogP contribution in [0.4, 0.5) is 5.69 Å². The van der Waals surface area contributed by atoms with E-state index >= 15 is 0 Å². The number of nitrogens with zero attached hydrogens (tertiary/aromatic N) is 3. The van der Waals surface area contributed by atoms with Crippen molar-refractivity contribution >= 4 is 50.3 Å². The molecule has 2 heterocycles. The summed E-state index contributed by atoms with van der Waals surface area (Å²) in [5.41, 5.74) is 2.42. The minimum atomic E-state index is -3.73. The minimum Gasteiger partial charge on any atom is -0.355 e. The fraction of sp³-hybridized carbons (Fsp3) is 0.333. The SMILES string of the molecule is CC(C)C[C@@H]1N=C2c3ccccc3N=C(SCC(=O)NCCc3ccc(S(N)(=O)=O)cc3)N2C1=O. The predicted octanol–water partition coefficient (Wildman–Crippen LogP) is 2.43. The maximum atomic E-state index is 13.1. The van der Waals surface area contributed by atoms with E-state index < -0.39 is 16.1 Å². The van der Waals surface area contributed by atoms with E-state index in [0.717, 1.165) is 16.8 Å². The zero-order valence-electron chi connectivity index (χ0n) is 19.5. The van der Waals surface area contributed by atoms with E-state index in [-0.39, 0.29) is 22.5 Å². The van der Waals surface area contributed by atoms with E-state index in [1.807, 2.05) is 24.3 Å². The second-order valence-corrected chi connectivity index (χ2v) is 11.3. The zero-order valence-corrected chi connectivity index (χ0v) is 21.1. The average Bonchev–Trinajstić information content (AvgIpc) is 3.13. The summed E-state index contributed by atoms with van der Waals surface area (Å²) in [4.78, 5) is 36.5. The number of sulfonamides is 1. The van der Waals surface area contributed by atoms with Crippen LogP contribution in [0.15, 0.2) is 63.4 Å². The molecule has 0 fully saturated rings. The molecule has 2 aliphatic heterocycles. The number of nitrogens with one attached hydrogen (secondary N) is 1. The van der Waals surface area contributed by atoms with Crippen LogP contribution in [0, 0.1) is 5.92 Å². The first kappa shape index (κ1) is 25.1. The van der Waals surface area contributed by atoms with Gasteiger partial charge in [-0.25, -0.2) is 23.4 Å². The number of amides is 2. The smallest absolute Gasteiger partial charge is 0.259 e. The lowest BCUT2D eigenvalue weighted by Gasteiger charge is -2.25. The predicted molar refractivity (Wildman–Crippen MR) is 137 cm³/mol. The Labute approximate surface area is 209 Å². The molecule has 2 aromatic rings. The number of para-hydroxylation sites is 1. The van der Waals surface area contributed by atoms with Crippen molar-refractivity contribution in [2.24, 2.45) is 21.0 Å². The molecule has 35 heavy (non-hydrogen) atoms. The number of hydrogen-bond acceptors (Lipinski definition) is 7. The fourth-order valence-electron chi connectivity index (χ4n) is 3.87. The van der Waals surface area contributed by atoms with Gasteiger partial charge in [0.25, 0.3) is 5.91 Å². The lowest BCUT2D eigenvalue weighted by Crippen LogP contribution is -2.42. The quantitative estimate of drug-likeness (QED) is 0.559. The normalized spacial score (nSPS) is 17.1. The van der Waals surface area contributed by atoms with E-state index in [0.29, 0.717) is 36.3 Å². The standard InChI is InChI=1S/C24H27N5O4S2/c1-15(2)13-20-23(31)29-22(27-20)18-5-3-4-6-19(18)28-24(29)34-14-21(30)26-12-11-16-7-9-17(10-8-16)35(25,32)33/h3-10,15,20H,11-14H2,1-2H3,(H,26,30)(H2,25,32,33)/t20-/m0/s1. The van der Waals surface area contributed by atoms with Gasteiger partial charge in [-0.2, -0.15) is 0 Å². The van der Waals surface area contributed by atoms with Crippen LogP contribution in [-0.4, -0.2) is 54.5 Å². The summed E-state index contributed by atoms with van der Waals surface area (Å²) < 4.78 is 22.7. The summed E-state index contributed by atoms with van der Waals surface area (Å²) in [6.45, 7) is 4.50. The van der Waals surface area contributed by atoms with Crippen molar-refractivity contribution in [2.45, 2.75) is 37.6 Å². The van der Waals surface area contributed by atoms with E-state index in [1.165, 1.54) is 23.9 Å². The van der Waals surface area contributed by atoms with Gasteiger partial charge in [0.05, 0.1) is 16.3 Å². The van der Waals surface area contributed by atoms with Crippen molar-refractivity contribution in [2.75, 3.05) is 12.3 Å². The second-order valence-electron chi connectivity index (χ2n) is 8.76. The molecular weight excluding hydrogens is 486 g/mol. The third-order valence-corrected chi connectivity index (χ3v) is 7.43. The van der Waals surface area contributed by atoms with Crippen molar-refractivity contribution in [1.82, 2.24) is 10.2 Å². The van der Waals surface area contributed by atoms with Crippen LogP contribution >= 0.6 is 11.8 Å². The topological polar surface area (TPSA) is 134 Å². The Morgan fingerprint density at radius 2 is 1.89 bits per heavy atom. The number of benzene rings is 2. The summed E-state index contributed by atoms with van der Waals surface area (Å²) in [6.07, 6.45) is 1.19. The molecule has 184 valence electrons. The van der Waals surface area contributed by atoms with Crippen LogP contribution in [0.1, 0.15) is 31.4 Å². The Bertz CT molecular complexity index is 1300. The maximum Gasteiger partial charge on any atom is 0.259 e. The van der Waals surface area contributed by atoms with Crippen LogP contribution in [0.2, 0.25) is 0 Å². The van der Waals surface area contributed by atoms with Gasteiger partial charge < -0.3 is 5.32 Å². The Balaban J connectivity index is 1.37. The van der Waals surface area contributed by atoms with E-state index in [4.69, 9.17) is 10.1 Å². The van der Waals surface area contributed by atoms with Crippen LogP contribution in [0.5, 0.6) is 0 Å². The van der Waals surface area contributed by atoms with Gasteiger partial charge in [0.2, 0.25) is 15.9 Å². The molecule has 0 saturated carbocycles. The van der Waals surface area contributed by atoms with Gasteiger partial charge in [0.1, 0.15) is 11.9 Å². The number of fused-ring (bicyclic) bond motifs is 3. The number of carbonyl (C=O) groups is 2. The number of rotatable bonds is 8. The van der Waals surface area contributed by atoms with Crippen molar-refractivity contribution in [3.05, 3.63) is 59.7 Å². The molecule has 0 spiro atoms. The first-order valence-electron chi connectivity index (χ1n) is 11.2. The third-order valence-electron chi connectivity index (χ3n) is 5.56. The average molecular weight is 514 g/mol. The molecule has 0 saturated heterocycles. The summed E-state index contributed by atoms with van der Waals surface area (Å²) >= 11 is 1.20. The highest BCUT2D eigenvalue weighted by molar-refractivity contribution is 8.14. The molecule has 0 aromatic heterocycles. The van der Waals surface area contributed by atoms with Crippen LogP contribution < -0.4 is 10.5 Å². The summed E-state index contributed by atoms with van der Waals surface area (Å²) in [6, 6.07) is 13.3. The molecule has 0 bridgehead atoms. The molecular formula is C24H27N5O4S2. The van der Waals surface area contributed by atoms with Crippen LogP contribution in [0.25, 0.3) is 0 Å². The highest BCUT2D eigenvalue weighted by atomic mass is 32.2. The molecule has 3 N–H and O–H groups in total. The van der Waals surface area contributed by atoms with Gasteiger partial charge in [0, 0.05) is 12.1 Å². The first-order valence-corrected chi connectivity index (χ1v) is 13.8. The Hall–Kier alpha value is -3.02. The van der Waals surface area contributed by atoms with Gasteiger partial charge in [0.15, 0.2) is 5.17 Å². The van der Waals surface area contributed by atoms with Crippen LogP contribution in [-0.2, 0) is 26.0 Å². The number of carbonyl (C=O) groups excluding carboxylic acids is 2. The van der Waals surface area contributed by atoms with Crippen molar-refractivity contribution in [3.63, 3.8) is 0 Å². The number of amidine groups is 2. The molecule has 4 rings (SSSR count). The molecule has 2 aliphatic rings. The molecule has 2 amide bonds. The van der Waals surface area contributed by atoms with Gasteiger partial charge in [-0.1, -0.05) is 49.9 Å². The van der Waals surface area contributed by atoms with Gasteiger partial charge in [-0.05, 0) is 48.6 Å². The minimum absolute atomic E-state index is 0.0477. The first-order chi connectivity index (χ1) is 16.6. The summed E-state index contributed by atoms with van der Waals surface area (Å²) in [5, 5.41) is 8.41. The zero-order chi connectivity index (χ0) is 25.2. The molecule has 0 unspecified atom stereocenters. The van der Waals surface area contributed by atoms with Crippen LogP contribution in [0.3, 0.4) is 0 Å². The Morgan fingerprint density at radius 1 is 1.17 bits per heavy atom. The van der Waals surface area contributed by atoms with E-state index in [2.05, 4.69) is 24.2 Å². The van der Waals surface area contributed by atoms with Crippen molar-refractivity contribution < 1.29 is 18.0 Å². The summed E-state index contributed by atoms with van der Waals surface area (Å²) in [5.74, 6) is 0.702. The highest BCUT2D eigenvalue weighted by Crippen LogP contribution is 2.34. The number of thioether (sulfide) groups is 1. The molecule has 11 heteroatoms. The largest absolute Gasteiger partial charge is 0.355 e. The molecule has 0 radical (unpaired) electrons. The number of aliphatic imine (C=N–C) groups is 2. The molecule has 0 aliphatic carbocycles. The van der Waals surface area contributed by atoms with Crippen molar-refractivity contribution in [1.29, 1.82) is 0 Å². The molecule has 9 nitrogen and oxygen atoms in total. The fourth-order valence-corrected chi connectivity index (χ4v) is 5.22. The Morgan fingerprint density at radius 3 is 2.57 bits per heavy atom. The monoisotopic (exact) mass is 513 g/mol. The highest BCUT2D eigenvalue weighted by Gasteiger charge is 2.41. The van der Waals surface area contributed by atoms with Crippen molar-refractivity contribution in [3.8, 4) is 0 Å². The number of primary sulfonamides is 1. The summed E-state index contributed by atoms with van der Waals surface area (Å²) in [7, 11) is -3.73. The molecule has 2 aromatic carbocycles. The number of nitrogens with two attached hydrogens (primary N) is 1. The lowest BCUT2D eigenvalue weighted by atomic mass is 10.0. The third kappa shape index (κ3) is 5.80.